The van der Waals surface area contributed by atoms with Gasteiger partial charge in [0.05, 0.1) is 11.7 Å². The van der Waals surface area contributed by atoms with Crippen molar-refractivity contribution in [3.63, 3.8) is 0 Å². The van der Waals surface area contributed by atoms with E-state index >= 15 is 0 Å². The van der Waals surface area contributed by atoms with Crippen LogP contribution in [0.5, 0.6) is 0 Å². The molecule has 0 aliphatic heterocycles. The highest BCUT2D eigenvalue weighted by Crippen LogP contribution is 2.19. The number of hydrogen-bond acceptors (Lipinski definition) is 1. The Morgan fingerprint density at radius 3 is 1.92 bits per heavy atom. The Morgan fingerprint density at radius 1 is 1.17 bits per heavy atom. The topological polar surface area (TPSA) is 9.23 Å². The Kier molecular flexibility index (Phi) is 4.84. The van der Waals surface area contributed by atoms with Gasteiger partial charge in [-0.1, -0.05) is 27.2 Å². The molecular formula is C11H24O. The van der Waals surface area contributed by atoms with Crippen molar-refractivity contribution in [2.45, 2.75) is 66.1 Å². The minimum atomic E-state index is 0.00407. The molecule has 12 heavy (non-hydrogen) atoms. The number of rotatable bonds is 4. The van der Waals surface area contributed by atoms with Crippen LogP contribution in [-0.4, -0.2) is 11.7 Å². The average Bonchev–Trinajstić information content (AvgIpc) is 1.83. The van der Waals surface area contributed by atoms with Crippen LogP contribution in [0.2, 0.25) is 0 Å². The molecule has 0 fully saturated rings. The maximum atomic E-state index is 5.94. The summed E-state index contributed by atoms with van der Waals surface area (Å²) in [5, 5.41) is 0. The lowest BCUT2D eigenvalue weighted by Gasteiger charge is -2.30. The molecule has 0 aromatic heterocycles. The second-order valence-electron chi connectivity index (χ2n) is 4.80. The summed E-state index contributed by atoms with van der Waals surface area (Å²) < 4.78 is 5.94. The van der Waals surface area contributed by atoms with Gasteiger partial charge in [0.1, 0.15) is 0 Å². The maximum Gasteiger partial charge on any atom is 0.0605 e. The molecule has 0 saturated carbocycles. The van der Waals surface area contributed by atoms with Gasteiger partial charge in [-0.3, -0.25) is 0 Å². The first kappa shape index (κ1) is 12.0. The van der Waals surface area contributed by atoms with E-state index in [1.165, 1.54) is 12.8 Å². The Labute approximate surface area is 77.5 Å². The van der Waals surface area contributed by atoms with Gasteiger partial charge in [-0.15, -0.1) is 0 Å². The van der Waals surface area contributed by atoms with Crippen LogP contribution >= 0.6 is 0 Å². The Bertz CT molecular complexity index is 111. The lowest BCUT2D eigenvalue weighted by atomic mass is 10.0. The lowest BCUT2D eigenvalue weighted by Crippen LogP contribution is -2.30. The fourth-order valence-corrected chi connectivity index (χ4v) is 1.27. The molecule has 0 aliphatic carbocycles. The summed E-state index contributed by atoms with van der Waals surface area (Å²) in [4.78, 5) is 0. The molecule has 0 rings (SSSR count). The summed E-state index contributed by atoms with van der Waals surface area (Å²) in [6.45, 7) is 13.0. The maximum absolute atomic E-state index is 5.94. The second-order valence-corrected chi connectivity index (χ2v) is 4.80. The predicted octanol–water partition coefficient (Wildman–Crippen LogP) is 3.63. The van der Waals surface area contributed by atoms with Gasteiger partial charge in [-0.05, 0) is 33.1 Å². The number of ether oxygens (including phenoxy) is 1. The van der Waals surface area contributed by atoms with Gasteiger partial charge in [-0.2, -0.15) is 0 Å². The quantitative estimate of drug-likeness (QED) is 0.629. The van der Waals surface area contributed by atoms with E-state index in [2.05, 4.69) is 41.5 Å². The van der Waals surface area contributed by atoms with E-state index in [9.17, 15) is 0 Å². The van der Waals surface area contributed by atoms with Crippen molar-refractivity contribution in [3.05, 3.63) is 0 Å². The van der Waals surface area contributed by atoms with Gasteiger partial charge in [0, 0.05) is 0 Å². The summed E-state index contributed by atoms with van der Waals surface area (Å²) in [6.07, 6.45) is 2.81. The molecule has 0 spiro atoms. The largest absolute Gasteiger partial charge is 0.372 e. The van der Waals surface area contributed by atoms with Crippen LogP contribution in [0.3, 0.4) is 0 Å². The van der Waals surface area contributed by atoms with Crippen LogP contribution in [-0.2, 0) is 4.74 Å². The van der Waals surface area contributed by atoms with Gasteiger partial charge in [-0.25, -0.2) is 0 Å². The molecule has 1 unspecified atom stereocenters. The molecule has 74 valence electrons. The normalized spacial score (nSPS) is 15.2. The van der Waals surface area contributed by atoms with Crippen molar-refractivity contribution in [1.29, 1.82) is 0 Å². The van der Waals surface area contributed by atoms with Crippen LogP contribution in [0, 0.1) is 5.92 Å². The van der Waals surface area contributed by atoms with Gasteiger partial charge >= 0.3 is 0 Å². The van der Waals surface area contributed by atoms with Crippen molar-refractivity contribution >= 4 is 0 Å². The minimum Gasteiger partial charge on any atom is -0.372 e. The summed E-state index contributed by atoms with van der Waals surface area (Å²) in [6, 6.07) is 0. The molecule has 0 bridgehead atoms. The van der Waals surface area contributed by atoms with E-state index < -0.39 is 0 Å². The zero-order chi connectivity index (χ0) is 9.78. The third kappa shape index (κ3) is 5.59. The summed E-state index contributed by atoms with van der Waals surface area (Å²) in [5.74, 6) is 0.629. The van der Waals surface area contributed by atoms with Crippen LogP contribution in [0.4, 0.5) is 0 Å². The van der Waals surface area contributed by atoms with E-state index in [0.29, 0.717) is 12.0 Å². The highest BCUT2D eigenvalue weighted by molar-refractivity contribution is 4.68. The van der Waals surface area contributed by atoms with E-state index in [1.54, 1.807) is 0 Å². The van der Waals surface area contributed by atoms with Crippen molar-refractivity contribution < 1.29 is 4.74 Å². The van der Waals surface area contributed by atoms with Gasteiger partial charge in [0.25, 0.3) is 0 Å². The van der Waals surface area contributed by atoms with Gasteiger partial charge < -0.3 is 4.74 Å². The van der Waals surface area contributed by atoms with Crippen molar-refractivity contribution in [2.75, 3.05) is 0 Å². The van der Waals surface area contributed by atoms with Crippen molar-refractivity contribution in [1.82, 2.24) is 0 Å². The molecule has 1 atom stereocenters. The standard InChI is InChI=1S/C11H24O/c1-7-8-10(9(2)3)12-11(4,5)6/h9-10H,7-8H2,1-6H3. The van der Waals surface area contributed by atoms with Gasteiger partial charge in [0.15, 0.2) is 0 Å². The van der Waals surface area contributed by atoms with Gasteiger partial charge in [0.2, 0.25) is 0 Å². The first-order valence-corrected chi connectivity index (χ1v) is 5.04. The highest BCUT2D eigenvalue weighted by Gasteiger charge is 2.20. The van der Waals surface area contributed by atoms with E-state index in [-0.39, 0.29) is 5.60 Å². The molecule has 0 N–H and O–H groups in total. The van der Waals surface area contributed by atoms with E-state index in [4.69, 9.17) is 4.74 Å². The molecule has 0 aromatic rings. The third-order valence-electron chi connectivity index (χ3n) is 1.82. The molecule has 1 heteroatoms. The lowest BCUT2D eigenvalue weighted by molar-refractivity contribution is -0.0823. The van der Waals surface area contributed by atoms with Crippen LogP contribution in [0.1, 0.15) is 54.4 Å². The monoisotopic (exact) mass is 172 g/mol. The molecule has 0 amide bonds. The molecule has 0 radical (unpaired) electrons. The smallest absolute Gasteiger partial charge is 0.0605 e. The first-order chi connectivity index (χ1) is 5.37. The van der Waals surface area contributed by atoms with Crippen LogP contribution in [0.25, 0.3) is 0 Å². The van der Waals surface area contributed by atoms with Crippen LogP contribution in [0.15, 0.2) is 0 Å². The Hall–Kier alpha value is -0.0400. The van der Waals surface area contributed by atoms with Crippen molar-refractivity contribution in [3.8, 4) is 0 Å². The second kappa shape index (κ2) is 4.86. The fourth-order valence-electron chi connectivity index (χ4n) is 1.27. The van der Waals surface area contributed by atoms with Crippen molar-refractivity contribution in [2.24, 2.45) is 5.92 Å². The summed E-state index contributed by atoms with van der Waals surface area (Å²) in [7, 11) is 0. The Morgan fingerprint density at radius 2 is 1.67 bits per heavy atom. The minimum absolute atomic E-state index is 0.00407. The molecule has 1 nitrogen and oxygen atoms in total. The SMILES string of the molecule is CCCC(OC(C)(C)C)C(C)C. The van der Waals surface area contributed by atoms with E-state index in [1.807, 2.05) is 0 Å². The van der Waals surface area contributed by atoms with E-state index in [0.717, 1.165) is 0 Å². The molecule has 0 aromatic carbocycles. The predicted molar refractivity (Wildman–Crippen MR) is 54.4 cm³/mol. The average molecular weight is 172 g/mol. The zero-order valence-corrected chi connectivity index (χ0v) is 9.48. The third-order valence-corrected chi connectivity index (χ3v) is 1.82. The molecule has 0 aliphatic rings. The zero-order valence-electron chi connectivity index (χ0n) is 9.48. The molecule has 0 saturated heterocycles. The number of hydrogen-bond donors (Lipinski definition) is 0. The highest BCUT2D eigenvalue weighted by atomic mass is 16.5. The summed E-state index contributed by atoms with van der Waals surface area (Å²) >= 11 is 0. The first-order valence-electron chi connectivity index (χ1n) is 5.04. The fraction of sp³-hybridized carbons (Fsp3) is 1.00. The molecule has 0 heterocycles. The Balaban J connectivity index is 3.95. The molecular weight excluding hydrogens is 148 g/mol. The summed E-state index contributed by atoms with van der Waals surface area (Å²) in [5.41, 5.74) is 0.00407. The van der Waals surface area contributed by atoms with Crippen LogP contribution < -0.4 is 0 Å².